The summed E-state index contributed by atoms with van der Waals surface area (Å²) in [5, 5.41) is 12.5. The van der Waals surface area contributed by atoms with Crippen LogP contribution in [0.25, 0.3) is 5.69 Å². The van der Waals surface area contributed by atoms with Crippen LogP contribution in [0.1, 0.15) is 24.2 Å². The summed E-state index contributed by atoms with van der Waals surface area (Å²) >= 11 is 1.72. The number of hydrogen-bond acceptors (Lipinski definition) is 3. The standard InChI is InChI=1S/C16H17N3S/c1-2-17-16(13-9-11-20-12-13)15-8-10-19(18-15)14-6-4-3-5-7-14/h3-12,16-17H,2H2,1H3. The number of nitrogens with zero attached hydrogens (tertiary/aromatic N) is 2. The number of aromatic nitrogens is 2. The molecule has 2 aromatic heterocycles. The molecule has 1 N–H and O–H groups in total. The predicted octanol–water partition coefficient (Wildman–Crippen LogP) is 3.63. The Balaban J connectivity index is 1.91. The fraction of sp³-hybridized carbons (Fsp3) is 0.188. The van der Waals surface area contributed by atoms with Crippen LogP contribution in [0, 0.1) is 0 Å². The van der Waals surface area contributed by atoms with Crippen LogP contribution in [0.5, 0.6) is 0 Å². The van der Waals surface area contributed by atoms with Crippen molar-refractivity contribution in [1.82, 2.24) is 15.1 Å². The van der Waals surface area contributed by atoms with E-state index in [1.54, 1.807) is 11.3 Å². The van der Waals surface area contributed by atoms with Crippen LogP contribution in [0.15, 0.2) is 59.4 Å². The van der Waals surface area contributed by atoms with E-state index in [-0.39, 0.29) is 6.04 Å². The summed E-state index contributed by atoms with van der Waals surface area (Å²) < 4.78 is 1.92. The van der Waals surface area contributed by atoms with Crippen molar-refractivity contribution < 1.29 is 0 Å². The zero-order valence-electron chi connectivity index (χ0n) is 11.4. The number of nitrogens with one attached hydrogen (secondary N) is 1. The molecule has 0 radical (unpaired) electrons. The van der Waals surface area contributed by atoms with Gasteiger partial charge in [-0.1, -0.05) is 25.1 Å². The van der Waals surface area contributed by atoms with Crippen LogP contribution in [0.4, 0.5) is 0 Å². The van der Waals surface area contributed by atoms with Crippen molar-refractivity contribution in [2.45, 2.75) is 13.0 Å². The molecule has 0 saturated heterocycles. The van der Waals surface area contributed by atoms with Gasteiger partial charge in [0.1, 0.15) is 0 Å². The van der Waals surface area contributed by atoms with Gasteiger partial charge in [-0.2, -0.15) is 16.4 Å². The Hall–Kier alpha value is -1.91. The second kappa shape index (κ2) is 6.03. The maximum absolute atomic E-state index is 4.71. The van der Waals surface area contributed by atoms with Crippen LogP contribution in [-0.4, -0.2) is 16.3 Å². The minimum absolute atomic E-state index is 0.163. The summed E-state index contributed by atoms with van der Waals surface area (Å²) in [5.74, 6) is 0. The molecule has 20 heavy (non-hydrogen) atoms. The van der Waals surface area contributed by atoms with Gasteiger partial charge in [0.25, 0.3) is 0 Å². The molecular weight excluding hydrogens is 266 g/mol. The number of benzene rings is 1. The van der Waals surface area contributed by atoms with Crippen molar-refractivity contribution in [3.8, 4) is 5.69 Å². The SMILES string of the molecule is CCNC(c1ccsc1)c1ccn(-c2ccccc2)n1. The van der Waals surface area contributed by atoms with Gasteiger partial charge in [-0.25, -0.2) is 4.68 Å². The summed E-state index contributed by atoms with van der Waals surface area (Å²) in [6, 6.07) is 14.6. The van der Waals surface area contributed by atoms with Crippen molar-refractivity contribution in [2.75, 3.05) is 6.54 Å². The highest BCUT2D eigenvalue weighted by Gasteiger charge is 2.16. The number of rotatable bonds is 5. The van der Waals surface area contributed by atoms with Gasteiger partial charge in [-0.05, 0) is 47.1 Å². The van der Waals surface area contributed by atoms with Gasteiger partial charge in [0.15, 0.2) is 0 Å². The average Bonchev–Trinajstić information content (AvgIpc) is 3.17. The lowest BCUT2D eigenvalue weighted by Gasteiger charge is -2.14. The molecule has 0 spiro atoms. The normalized spacial score (nSPS) is 12.4. The van der Waals surface area contributed by atoms with E-state index in [1.807, 2.05) is 29.1 Å². The second-order valence-electron chi connectivity index (χ2n) is 4.57. The third kappa shape index (κ3) is 2.66. The van der Waals surface area contributed by atoms with E-state index in [1.165, 1.54) is 5.56 Å². The molecule has 0 bridgehead atoms. The van der Waals surface area contributed by atoms with Crippen LogP contribution >= 0.6 is 11.3 Å². The van der Waals surface area contributed by atoms with Crippen LogP contribution < -0.4 is 5.32 Å². The van der Waals surface area contributed by atoms with E-state index < -0.39 is 0 Å². The fourth-order valence-electron chi connectivity index (χ4n) is 2.25. The van der Waals surface area contributed by atoms with E-state index in [0.717, 1.165) is 17.9 Å². The third-order valence-corrected chi connectivity index (χ3v) is 3.91. The lowest BCUT2D eigenvalue weighted by molar-refractivity contribution is 0.609. The molecule has 0 aliphatic rings. The molecule has 4 heteroatoms. The first-order valence-corrected chi connectivity index (χ1v) is 7.69. The first-order valence-electron chi connectivity index (χ1n) is 6.75. The summed E-state index contributed by atoms with van der Waals surface area (Å²) in [6.07, 6.45) is 2.02. The second-order valence-corrected chi connectivity index (χ2v) is 5.35. The smallest absolute Gasteiger partial charge is 0.0844 e. The quantitative estimate of drug-likeness (QED) is 0.775. The van der Waals surface area contributed by atoms with Gasteiger partial charge >= 0.3 is 0 Å². The number of thiophene rings is 1. The van der Waals surface area contributed by atoms with Crippen LogP contribution in [0.2, 0.25) is 0 Å². The zero-order valence-corrected chi connectivity index (χ0v) is 12.2. The van der Waals surface area contributed by atoms with Crippen molar-refractivity contribution >= 4 is 11.3 Å². The van der Waals surface area contributed by atoms with Gasteiger partial charge in [-0.15, -0.1) is 0 Å². The van der Waals surface area contributed by atoms with Gasteiger partial charge in [0, 0.05) is 6.20 Å². The molecule has 102 valence electrons. The minimum atomic E-state index is 0.163. The predicted molar refractivity (Wildman–Crippen MR) is 83.4 cm³/mol. The fourth-order valence-corrected chi connectivity index (χ4v) is 2.94. The lowest BCUT2D eigenvalue weighted by Crippen LogP contribution is -2.22. The molecule has 0 aliphatic carbocycles. The van der Waals surface area contributed by atoms with Gasteiger partial charge in [0.2, 0.25) is 0 Å². The Morgan fingerprint density at radius 1 is 1.20 bits per heavy atom. The molecule has 0 amide bonds. The summed E-state index contributed by atoms with van der Waals surface area (Å²) in [6.45, 7) is 3.03. The largest absolute Gasteiger partial charge is 0.305 e. The topological polar surface area (TPSA) is 29.9 Å². The van der Waals surface area contributed by atoms with Gasteiger partial charge in [-0.3, -0.25) is 0 Å². The van der Waals surface area contributed by atoms with Gasteiger partial charge < -0.3 is 5.32 Å². The molecule has 2 heterocycles. The molecule has 3 nitrogen and oxygen atoms in total. The van der Waals surface area contributed by atoms with E-state index in [4.69, 9.17) is 5.10 Å². The summed E-state index contributed by atoms with van der Waals surface area (Å²) in [4.78, 5) is 0. The Bertz CT molecular complexity index is 643. The Kier molecular flexibility index (Phi) is 3.95. The van der Waals surface area contributed by atoms with Crippen molar-refractivity contribution in [2.24, 2.45) is 0 Å². The number of hydrogen-bond donors (Lipinski definition) is 1. The Morgan fingerprint density at radius 3 is 2.75 bits per heavy atom. The van der Waals surface area contributed by atoms with E-state index in [2.05, 4.69) is 47.3 Å². The van der Waals surface area contributed by atoms with E-state index >= 15 is 0 Å². The minimum Gasteiger partial charge on any atom is -0.305 e. The molecule has 0 saturated carbocycles. The maximum Gasteiger partial charge on any atom is 0.0844 e. The molecule has 0 aliphatic heterocycles. The van der Waals surface area contributed by atoms with Crippen molar-refractivity contribution in [3.63, 3.8) is 0 Å². The monoisotopic (exact) mass is 283 g/mol. The lowest BCUT2D eigenvalue weighted by atomic mass is 10.1. The average molecular weight is 283 g/mol. The highest BCUT2D eigenvalue weighted by molar-refractivity contribution is 7.08. The number of para-hydroxylation sites is 1. The van der Waals surface area contributed by atoms with Crippen LogP contribution in [0.3, 0.4) is 0 Å². The van der Waals surface area contributed by atoms with Crippen molar-refractivity contribution in [1.29, 1.82) is 0 Å². The Labute approximate surface area is 122 Å². The summed E-state index contributed by atoms with van der Waals surface area (Å²) in [5.41, 5.74) is 3.41. The molecule has 1 unspecified atom stereocenters. The van der Waals surface area contributed by atoms with E-state index in [0.29, 0.717) is 0 Å². The van der Waals surface area contributed by atoms with Crippen LogP contribution in [-0.2, 0) is 0 Å². The maximum atomic E-state index is 4.71. The zero-order chi connectivity index (χ0) is 13.8. The summed E-state index contributed by atoms with van der Waals surface area (Å²) in [7, 11) is 0. The molecule has 1 atom stereocenters. The highest BCUT2D eigenvalue weighted by atomic mass is 32.1. The molecular formula is C16H17N3S. The molecule has 3 rings (SSSR count). The molecule has 3 aromatic rings. The molecule has 1 aromatic carbocycles. The highest BCUT2D eigenvalue weighted by Crippen LogP contribution is 2.23. The van der Waals surface area contributed by atoms with Gasteiger partial charge in [0.05, 0.1) is 17.4 Å². The first-order chi connectivity index (χ1) is 9.88. The Morgan fingerprint density at radius 2 is 2.05 bits per heavy atom. The van der Waals surface area contributed by atoms with Crippen molar-refractivity contribution in [3.05, 3.63) is 70.7 Å². The third-order valence-electron chi connectivity index (χ3n) is 3.21. The van der Waals surface area contributed by atoms with E-state index in [9.17, 15) is 0 Å². The first kappa shape index (κ1) is 13.1. The molecule has 0 fully saturated rings.